The van der Waals surface area contributed by atoms with Crippen molar-refractivity contribution in [3.63, 3.8) is 0 Å². The molecule has 1 aliphatic rings. The van der Waals surface area contributed by atoms with E-state index in [4.69, 9.17) is 4.74 Å². The maximum absolute atomic E-state index is 11.9. The average Bonchev–Trinajstić information content (AvgIpc) is 2.45. The maximum Gasteiger partial charge on any atom is 0.407 e. The molecule has 0 bridgehead atoms. The first kappa shape index (κ1) is 18.0. The van der Waals surface area contributed by atoms with E-state index in [1.54, 1.807) is 6.07 Å². The van der Waals surface area contributed by atoms with E-state index in [0.717, 1.165) is 24.9 Å². The minimum Gasteiger partial charge on any atom is -0.444 e. The Balaban J connectivity index is 2.10. The fraction of sp³-hybridized carbons (Fsp3) is 0.588. The van der Waals surface area contributed by atoms with Gasteiger partial charge >= 0.3 is 6.09 Å². The molecule has 1 atom stereocenters. The zero-order valence-electron chi connectivity index (χ0n) is 14.7. The molecule has 1 aromatic rings. The van der Waals surface area contributed by atoms with Gasteiger partial charge in [-0.1, -0.05) is 6.07 Å². The second-order valence-electron chi connectivity index (χ2n) is 7.18. The van der Waals surface area contributed by atoms with Crippen LogP contribution in [0.2, 0.25) is 0 Å². The van der Waals surface area contributed by atoms with Crippen molar-refractivity contribution in [2.75, 3.05) is 18.0 Å². The van der Waals surface area contributed by atoms with Crippen molar-refractivity contribution in [3.05, 3.63) is 33.9 Å². The van der Waals surface area contributed by atoms with Crippen LogP contribution in [-0.4, -0.2) is 35.7 Å². The van der Waals surface area contributed by atoms with Gasteiger partial charge in [-0.05, 0) is 52.2 Å². The van der Waals surface area contributed by atoms with E-state index < -0.39 is 11.7 Å². The number of nitro groups is 1. The average molecular weight is 335 g/mol. The van der Waals surface area contributed by atoms with Gasteiger partial charge in [0.2, 0.25) is 0 Å². The molecule has 1 aliphatic heterocycles. The van der Waals surface area contributed by atoms with Crippen molar-refractivity contribution in [2.45, 2.75) is 52.2 Å². The molecule has 1 amide bonds. The second-order valence-corrected chi connectivity index (χ2v) is 7.18. The van der Waals surface area contributed by atoms with E-state index in [2.05, 4.69) is 5.32 Å². The summed E-state index contributed by atoms with van der Waals surface area (Å²) in [5.41, 5.74) is 1.13. The van der Waals surface area contributed by atoms with Gasteiger partial charge in [0, 0.05) is 25.2 Å². The van der Waals surface area contributed by atoms with Gasteiger partial charge in [-0.15, -0.1) is 0 Å². The van der Waals surface area contributed by atoms with E-state index in [0.29, 0.717) is 12.2 Å². The minimum atomic E-state index is -0.548. The molecular formula is C17H25N3O4. The fourth-order valence-corrected chi connectivity index (χ4v) is 2.83. The van der Waals surface area contributed by atoms with E-state index >= 15 is 0 Å². The Morgan fingerprint density at radius 3 is 2.75 bits per heavy atom. The highest BCUT2D eigenvalue weighted by Crippen LogP contribution is 2.31. The number of amides is 1. The van der Waals surface area contributed by atoms with Crippen LogP contribution >= 0.6 is 0 Å². The molecule has 1 unspecified atom stereocenters. The summed E-state index contributed by atoms with van der Waals surface area (Å²) in [7, 11) is 0. The Morgan fingerprint density at radius 1 is 1.42 bits per heavy atom. The highest BCUT2D eigenvalue weighted by atomic mass is 16.6. The topological polar surface area (TPSA) is 84.7 Å². The van der Waals surface area contributed by atoms with Gasteiger partial charge in [0.05, 0.1) is 4.92 Å². The molecule has 7 heteroatoms. The molecule has 1 saturated heterocycles. The Hall–Kier alpha value is -2.31. The second kappa shape index (κ2) is 7.07. The lowest BCUT2D eigenvalue weighted by molar-refractivity contribution is -0.384. The third-order valence-electron chi connectivity index (χ3n) is 3.81. The summed E-state index contributed by atoms with van der Waals surface area (Å²) in [6.45, 7) is 8.62. The first-order valence-corrected chi connectivity index (χ1v) is 8.15. The normalized spacial score (nSPS) is 18.2. The SMILES string of the molecule is Cc1ccc([N+](=O)[O-])c(N2CCCC(NC(=O)OC(C)(C)C)C2)c1. The van der Waals surface area contributed by atoms with E-state index in [1.807, 2.05) is 38.7 Å². The number of hydrogen-bond acceptors (Lipinski definition) is 5. The lowest BCUT2D eigenvalue weighted by Gasteiger charge is -2.34. The number of carbonyl (C=O) groups is 1. The van der Waals surface area contributed by atoms with Crippen LogP contribution < -0.4 is 10.2 Å². The lowest BCUT2D eigenvalue weighted by Crippen LogP contribution is -2.49. The Bertz CT molecular complexity index is 625. The number of nitro benzene ring substituents is 1. The van der Waals surface area contributed by atoms with Gasteiger partial charge < -0.3 is 15.0 Å². The molecule has 1 N–H and O–H groups in total. The zero-order chi connectivity index (χ0) is 17.9. The zero-order valence-corrected chi connectivity index (χ0v) is 14.7. The highest BCUT2D eigenvalue weighted by Gasteiger charge is 2.27. The summed E-state index contributed by atoms with van der Waals surface area (Å²) in [6.07, 6.45) is 1.23. The molecule has 1 fully saturated rings. The van der Waals surface area contributed by atoms with Gasteiger partial charge in [-0.3, -0.25) is 10.1 Å². The Morgan fingerprint density at radius 2 is 2.12 bits per heavy atom. The molecule has 132 valence electrons. The van der Waals surface area contributed by atoms with Crippen molar-refractivity contribution in [1.29, 1.82) is 0 Å². The summed E-state index contributed by atoms with van der Waals surface area (Å²) >= 11 is 0. The molecule has 0 aliphatic carbocycles. The van der Waals surface area contributed by atoms with Gasteiger partial charge in [-0.25, -0.2) is 4.79 Å². The van der Waals surface area contributed by atoms with Crippen LogP contribution in [0.25, 0.3) is 0 Å². The molecule has 0 radical (unpaired) electrons. The first-order chi connectivity index (χ1) is 11.2. The number of ether oxygens (including phenoxy) is 1. The third kappa shape index (κ3) is 4.84. The number of nitrogens with one attached hydrogen (secondary N) is 1. The summed E-state index contributed by atoms with van der Waals surface area (Å²) in [5, 5.41) is 14.1. The van der Waals surface area contributed by atoms with Crippen LogP contribution in [0.5, 0.6) is 0 Å². The van der Waals surface area contributed by atoms with Crippen molar-refractivity contribution < 1.29 is 14.5 Å². The van der Waals surface area contributed by atoms with Crippen LogP contribution in [0.4, 0.5) is 16.2 Å². The largest absolute Gasteiger partial charge is 0.444 e. The molecule has 1 aromatic carbocycles. The number of anilines is 1. The van der Waals surface area contributed by atoms with Gasteiger partial charge in [0.15, 0.2) is 0 Å². The molecular weight excluding hydrogens is 310 g/mol. The van der Waals surface area contributed by atoms with Crippen molar-refractivity contribution in [3.8, 4) is 0 Å². The molecule has 24 heavy (non-hydrogen) atoms. The molecule has 7 nitrogen and oxygen atoms in total. The molecule has 2 rings (SSSR count). The van der Waals surface area contributed by atoms with Crippen LogP contribution in [-0.2, 0) is 4.74 Å². The Labute approximate surface area is 142 Å². The third-order valence-corrected chi connectivity index (χ3v) is 3.81. The van der Waals surface area contributed by atoms with Crippen LogP contribution in [0.1, 0.15) is 39.2 Å². The number of rotatable bonds is 3. The fourth-order valence-electron chi connectivity index (χ4n) is 2.83. The summed E-state index contributed by atoms with van der Waals surface area (Å²) in [4.78, 5) is 24.8. The molecule has 1 heterocycles. The quantitative estimate of drug-likeness (QED) is 0.676. The van der Waals surface area contributed by atoms with Crippen LogP contribution in [0.15, 0.2) is 18.2 Å². The predicted molar refractivity (Wildman–Crippen MR) is 92.4 cm³/mol. The van der Waals surface area contributed by atoms with Crippen molar-refractivity contribution >= 4 is 17.5 Å². The number of hydrogen-bond donors (Lipinski definition) is 1. The predicted octanol–water partition coefficient (Wildman–Crippen LogP) is 3.40. The number of benzene rings is 1. The highest BCUT2D eigenvalue weighted by molar-refractivity contribution is 5.69. The van der Waals surface area contributed by atoms with Gasteiger partial charge in [0.1, 0.15) is 11.3 Å². The number of alkyl carbamates (subject to hydrolysis) is 1. The standard InChI is InChI=1S/C17H25N3O4/c1-12-7-8-14(20(22)23)15(10-12)19-9-5-6-13(11-19)18-16(21)24-17(2,3)4/h7-8,10,13H,5-6,9,11H2,1-4H3,(H,18,21). The van der Waals surface area contributed by atoms with E-state index in [1.165, 1.54) is 6.07 Å². The summed E-state index contributed by atoms with van der Waals surface area (Å²) in [5.74, 6) is 0. The number of piperidine rings is 1. The van der Waals surface area contributed by atoms with Gasteiger partial charge in [0.25, 0.3) is 5.69 Å². The lowest BCUT2D eigenvalue weighted by atomic mass is 10.0. The monoisotopic (exact) mass is 335 g/mol. The number of carbonyl (C=O) groups excluding carboxylic acids is 1. The maximum atomic E-state index is 11.9. The molecule has 0 aromatic heterocycles. The smallest absolute Gasteiger partial charge is 0.407 e. The minimum absolute atomic E-state index is 0.0892. The Kier molecular flexibility index (Phi) is 5.31. The van der Waals surface area contributed by atoms with Crippen LogP contribution in [0, 0.1) is 17.0 Å². The van der Waals surface area contributed by atoms with E-state index in [-0.39, 0.29) is 16.7 Å². The van der Waals surface area contributed by atoms with E-state index in [9.17, 15) is 14.9 Å². The molecule has 0 spiro atoms. The van der Waals surface area contributed by atoms with Crippen molar-refractivity contribution in [2.24, 2.45) is 0 Å². The number of aryl methyl sites for hydroxylation is 1. The van der Waals surface area contributed by atoms with Crippen molar-refractivity contribution in [1.82, 2.24) is 5.32 Å². The summed E-state index contributed by atoms with van der Waals surface area (Å²) < 4.78 is 5.29. The first-order valence-electron chi connectivity index (χ1n) is 8.15. The van der Waals surface area contributed by atoms with Gasteiger partial charge in [-0.2, -0.15) is 0 Å². The molecule has 0 saturated carbocycles. The number of nitrogens with zero attached hydrogens (tertiary/aromatic N) is 2. The summed E-state index contributed by atoms with van der Waals surface area (Å²) in [6, 6.07) is 5.01. The van der Waals surface area contributed by atoms with Crippen LogP contribution in [0.3, 0.4) is 0 Å².